The third kappa shape index (κ3) is 6.04. The van der Waals surface area contributed by atoms with E-state index in [0.29, 0.717) is 32.7 Å². The van der Waals surface area contributed by atoms with Gasteiger partial charge in [-0.15, -0.1) is 0 Å². The fourth-order valence-corrected chi connectivity index (χ4v) is 4.88. The van der Waals surface area contributed by atoms with Crippen molar-refractivity contribution in [2.45, 2.75) is 24.3 Å². The SMILES string of the molecule is CCc1ccc(OC[C@@H](O)CN2CCN(S(=O)(=O)c3ccc(C(N)=O)cc3)CC2)cc1. The van der Waals surface area contributed by atoms with Gasteiger partial charge in [0.15, 0.2) is 0 Å². The summed E-state index contributed by atoms with van der Waals surface area (Å²) >= 11 is 0. The van der Waals surface area contributed by atoms with Gasteiger partial charge in [-0.25, -0.2) is 8.42 Å². The molecule has 2 aromatic carbocycles. The van der Waals surface area contributed by atoms with Crippen molar-refractivity contribution in [1.29, 1.82) is 0 Å². The van der Waals surface area contributed by atoms with Gasteiger partial charge < -0.3 is 15.6 Å². The van der Waals surface area contributed by atoms with Crippen LogP contribution in [0.3, 0.4) is 0 Å². The Morgan fingerprint density at radius 2 is 1.68 bits per heavy atom. The molecule has 0 aromatic heterocycles. The highest BCUT2D eigenvalue weighted by Crippen LogP contribution is 2.19. The van der Waals surface area contributed by atoms with Crippen LogP contribution in [-0.4, -0.2) is 74.1 Å². The number of nitrogens with two attached hydrogens (primary N) is 1. The van der Waals surface area contributed by atoms with Crippen molar-refractivity contribution >= 4 is 15.9 Å². The van der Waals surface area contributed by atoms with E-state index in [1.165, 1.54) is 34.1 Å². The summed E-state index contributed by atoms with van der Waals surface area (Å²) in [6, 6.07) is 13.4. The number of aliphatic hydroxyl groups excluding tert-OH is 1. The average molecular weight is 448 g/mol. The minimum Gasteiger partial charge on any atom is -0.491 e. The van der Waals surface area contributed by atoms with Crippen LogP contribution >= 0.6 is 0 Å². The predicted molar refractivity (Wildman–Crippen MR) is 117 cm³/mol. The van der Waals surface area contributed by atoms with E-state index in [4.69, 9.17) is 10.5 Å². The predicted octanol–water partition coefficient (Wildman–Crippen LogP) is 1.09. The number of piperazine rings is 1. The first-order valence-electron chi connectivity index (χ1n) is 10.3. The molecule has 8 nitrogen and oxygen atoms in total. The molecule has 31 heavy (non-hydrogen) atoms. The number of nitrogens with zero attached hydrogens (tertiary/aromatic N) is 2. The standard InChI is InChI=1S/C22H29N3O5S/c1-2-17-3-7-20(8-4-17)30-16-19(26)15-24-11-13-25(14-12-24)31(28,29)21-9-5-18(6-10-21)22(23)27/h3-10,19,26H,2,11-16H2,1H3,(H2,23,27)/t19-/m0/s1. The molecule has 0 aliphatic carbocycles. The van der Waals surface area contributed by atoms with E-state index < -0.39 is 22.0 Å². The van der Waals surface area contributed by atoms with Crippen LogP contribution in [0.25, 0.3) is 0 Å². The van der Waals surface area contributed by atoms with Crippen molar-refractivity contribution < 1.29 is 23.1 Å². The number of β-amino-alcohol motifs (C(OH)–C–C–N with tert-alkyl or cyclic N) is 1. The molecule has 0 bridgehead atoms. The molecule has 1 aliphatic rings. The lowest BCUT2D eigenvalue weighted by molar-refractivity contribution is 0.0569. The van der Waals surface area contributed by atoms with Gasteiger partial charge in [-0.05, 0) is 48.4 Å². The van der Waals surface area contributed by atoms with Gasteiger partial charge in [0.1, 0.15) is 18.5 Å². The van der Waals surface area contributed by atoms with E-state index in [0.717, 1.165) is 12.2 Å². The summed E-state index contributed by atoms with van der Waals surface area (Å²) in [7, 11) is -3.64. The molecule has 168 valence electrons. The Balaban J connectivity index is 1.47. The van der Waals surface area contributed by atoms with E-state index in [-0.39, 0.29) is 17.1 Å². The van der Waals surface area contributed by atoms with E-state index in [2.05, 4.69) is 6.92 Å². The molecule has 0 unspecified atom stereocenters. The minimum absolute atomic E-state index is 0.133. The molecule has 0 spiro atoms. The molecule has 0 radical (unpaired) electrons. The van der Waals surface area contributed by atoms with Crippen LogP contribution in [0, 0.1) is 0 Å². The van der Waals surface area contributed by atoms with Gasteiger partial charge in [-0.1, -0.05) is 19.1 Å². The number of benzene rings is 2. The van der Waals surface area contributed by atoms with E-state index >= 15 is 0 Å². The Kier molecular flexibility index (Phi) is 7.66. The smallest absolute Gasteiger partial charge is 0.248 e. The third-order valence-corrected chi connectivity index (χ3v) is 7.26. The summed E-state index contributed by atoms with van der Waals surface area (Å²) in [6.07, 6.45) is 0.291. The van der Waals surface area contributed by atoms with Crippen molar-refractivity contribution in [3.63, 3.8) is 0 Å². The second-order valence-electron chi connectivity index (χ2n) is 7.56. The maximum absolute atomic E-state index is 12.8. The quantitative estimate of drug-likeness (QED) is 0.595. The van der Waals surface area contributed by atoms with Gasteiger partial charge in [0.25, 0.3) is 0 Å². The molecule has 1 atom stereocenters. The Morgan fingerprint density at radius 1 is 1.06 bits per heavy atom. The summed E-state index contributed by atoms with van der Waals surface area (Å²) < 4.78 is 32.7. The number of hydrogen-bond acceptors (Lipinski definition) is 6. The second-order valence-corrected chi connectivity index (χ2v) is 9.49. The van der Waals surface area contributed by atoms with Crippen LogP contribution in [0.2, 0.25) is 0 Å². The Hall–Kier alpha value is -2.46. The fraction of sp³-hybridized carbons (Fsp3) is 0.409. The Labute approximate surface area is 183 Å². The first-order chi connectivity index (χ1) is 14.8. The lowest BCUT2D eigenvalue weighted by Gasteiger charge is -2.34. The maximum Gasteiger partial charge on any atom is 0.248 e. The normalized spacial score (nSPS) is 16.7. The highest BCUT2D eigenvalue weighted by atomic mass is 32.2. The number of amides is 1. The number of ether oxygens (including phenoxy) is 1. The number of sulfonamides is 1. The number of primary amides is 1. The van der Waals surface area contributed by atoms with Crippen LogP contribution < -0.4 is 10.5 Å². The summed E-state index contributed by atoms with van der Waals surface area (Å²) in [5, 5.41) is 10.3. The Morgan fingerprint density at radius 3 is 2.23 bits per heavy atom. The van der Waals surface area contributed by atoms with Crippen molar-refractivity contribution in [2.75, 3.05) is 39.3 Å². The number of aryl methyl sites for hydroxylation is 1. The zero-order valence-electron chi connectivity index (χ0n) is 17.6. The van der Waals surface area contributed by atoms with Crippen LogP contribution in [0.15, 0.2) is 53.4 Å². The first-order valence-corrected chi connectivity index (χ1v) is 11.8. The monoisotopic (exact) mass is 447 g/mol. The van der Waals surface area contributed by atoms with Crippen molar-refractivity contribution in [3.8, 4) is 5.75 Å². The number of rotatable bonds is 9. The summed E-state index contributed by atoms with van der Waals surface area (Å²) in [6.45, 7) is 4.36. The fourth-order valence-electron chi connectivity index (χ4n) is 3.46. The molecular weight excluding hydrogens is 418 g/mol. The van der Waals surface area contributed by atoms with Crippen molar-refractivity contribution in [1.82, 2.24) is 9.21 Å². The highest BCUT2D eigenvalue weighted by molar-refractivity contribution is 7.89. The number of hydrogen-bond donors (Lipinski definition) is 2. The molecule has 2 aromatic rings. The molecular formula is C22H29N3O5S. The molecule has 3 N–H and O–H groups in total. The van der Waals surface area contributed by atoms with Gasteiger partial charge in [0.05, 0.1) is 4.90 Å². The summed E-state index contributed by atoms with van der Waals surface area (Å²) in [4.78, 5) is 13.3. The van der Waals surface area contributed by atoms with Gasteiger partial charge in [0, 0.05) is 38.3 Å². The number of carbonyl (C=O) groups is 1. The van der Waals surface area contributed by atoms with Crippen molar-refractivity contribution in [2.24, 2.45) is 5.73 Å². The third-order valence-electron chi connectivity index (χ3n) is 5.35. The average Bonchev–Trinajstić information content (AvgIpc) is 2.78. The van der Waals surface area contributed by atoms with E-state index in [1.54, 1.807) is 0 Å². The largest absolute Gasteiger partial charge is 0.491 e. The molecule has 9 heteroatoms. The van der Waals surface area contributed by atoms with E-state index in [9.17, 15) is 18.3 Å². The lowest BCUT2D eigenvalue weighted by atomic mass is 10.2. The summed E-state index contributed by atoms with van der Waals surface area (Å²) in [5.74, 6) is 0.118. The zero-order chi connectivity index (χ0) is 22.4. The molecule has 1 saturated heterocycles. The Bertz CT molecular complexity index is 969. The van der Waals surface area contributed by atoms with Gasteiger partial charge >= 0.3 is 0 Å². The van der Waals surface area contributed by atoms with Crippen LogP contribution in [0.1, 0.15) is 22.8 Å². The number of aliphatic hydroxyl groups is 1. The zero-order valence-corrected chi connectivity index (χ0v) is 18.4. The van der Waals surface area contributed by atoms with E-state index in [1.807, 2.05) is 29.2 Å². The van der Waals surface area contributed by atoms with Gasteiger partial charge in [0.2, 0.25) is 15.9 Å². The highest BCUT2D eigenvalue weighted by Gasteiger charge is 2.29. The maximum atomic E-state index is 12.8. The molecule has 0 saturated carbocycles. The van der Waals surface area contributed by atoms with Gasteiger partial charge in [-0.2, -0.15) is 4.31 Å². The van der Waals surface area contributed by atoms with Crippen LogP contribution in [0.5, 0.6) is 5.75 Å². The molecule has 1 amide bonds. The topological polar surface area (TPSA) is 113 Å². The van der Waals surface area contributed by atoms with Crippen LogP contribution in [0.4, 0.5) is 0 Å². The second kappa shape index (κ2) is 10.2. The van der Waals surface area contributed by atoms with Gasteiger partial charge in [-0.3, -0.25) is 9.69 Å². The molecule has 3 rings (SSSR count). The number of carbonyl (C=O) groups excluding carboxylic acids is 1. The molecule has 1 aliphatic heterocycles. The lowest BCUT2D eigenvalue weighted by Crippen LogP contribution is -2.50. The van der Waals surface area contributed by atoms with Crippen LogP contribution in [-0.2, 0) is 16.4 Å². The molecule has 1 fully saturated rings. The first kappa shape index (κ1) is 23.2. The summed E-state index contributed by atoms with van der Waals surface area (Å²) in [5.41, 5.74) is 6.69. The van der Waals surface area contributed by atoms with Crippen molar-refractivity contribution in [3.05, 3.63) is 59.7 Å². The molecule has 1 heterocycles. The minimum atomic E-state index is -3.64.